The summed E-state index contributed by atoms with van der Waals surface area (Å²) in [5.41, 5.74) is 1.03. The Labute approximate surface area is 130 Å². The Kier molecular flexibility index (Phi) is 4.56. The predicted octanol–water partition coefficient (Wildman–Crippen LogP) is 1.28. The van der Waals surface area contributed by atoms with E-state index in [-0.39, 0.29) is 17.9 Å². The molecule has 1 saturated heterocycles. The summed E-state index contributed by atoms with van der Waals surface area (Å²) < 4.78 is 0. The number of urea groups is 1. The largest absolute Gasteiger partial charge is 0.352 e. The average Bonchev–Trinajstić information content (AvgIpc) is 3.37. The molecule has 6 nitrogen and oxygen atoms in total. The number of nitrogens with one attached hydrogen (secondary N) is 2. The van der Waals surface area contributed by atoms with Gasteiger partial charge in [-0.05, 0) is 43.4 Å². The van der Waals surface area contributed by atoms with Crippen LogP contribution >= 0.6 is 0 Å². The SMILES string of the molecule is O=C(NCc1ccncc1)C1CCCN(C(=O)NC2CC2)C1. The first-order valence-electron chi connectivity index (χ1n) is 7.94. The van der Waals surface area contributed by atoms with Gasteiger partial charge in [-0.25, -0.2) is 4.79 Å². The van der Waals surface area contributed by atoms with Crippen LogP contribution in [0.5, 0.6) is 0 Å². The maximum Gasteiger partial charge on any atom is 0.317 e. The van der Waals surface area contributed by atoms with E-state index in [1.807, 2.05) is 12.1 Å². The molecule has 0 radical (unpaired) electrons. The zero-order chi connectivity index (χ0) is 15.4. The van der Waals surface area contributed by atoms with Gasteiger partial charge < -0.3 is 15.5 Å². The van der Waals surface area contributed by atoms with E-state index in [9.17, 15) is 9.59 Å². The van der Waals surface area contributed by atoms with Crippen LogP contribution in [0.15, 0.2) is 24.5 Å². The number of piperidine rings is 1. The summed E-state index contributed by atoms with van der Waals surface area (Å²) in [4.78, 5) is 30.1. The quantitative estimate of drug-likeness (QED) is 0.880. The third kappa shape index (κ3) is 3.96. The minimum absolute atomic E-state index is 0.0193. The van der Waals surface area contributed by atoms with Gasteiger partial charge in [-0.3, -0.25) is 9.78 Å². The molecule has 6 heteroatoms. The molecule has 3 rings (SSSR count). The molecule has 0 bridgehead atoms. The van der Waals surface area contributed by atoms with Crippen LogP contribution in [0.1, 0.15) is 31.2 Å². The Morgan fingerprint density at radius 1 is 1.23 bits per heavy atom. The van der Waals surface area contributed by atoms with Gasteiger partial charge in [-0.15, -0.1) is 0 Å². The second kappa shape index (κ2) is 6.77. The summed E-state index contributed by atoms with van der Waals surface area (Å²) in [5, 5.41) is 5.95. The predicted molar refractivity (Wildman–Crippen MR) is 81.9 cm³/mol. The van der Waals surface area contributed by atoms with Crippen molar-refractivity contribution in [1.29, 1.82) is 0 Å². The summed E-state index contributed by atoms with van der Waals surface area (Å²) in [5.74, 6) is -0.0822. The van der Waals surface area contributed by atoms with Crippen molar-refractivity contribution in [2.75, 3.05) is 13.1 Å². The molecule has 1 saturated carbocycles. The summed E-state index contributed by atoms with van der Waals surface area (Å²) in [6, 6.07) is 4.11. The molecular formula is C16H22N4O2. The molecule has 1 atom stereocenters. The Balaban J connectivity index is 1.48. The highest BCUT2D eigenvalue weighted by Gasteiger charge is 2.31. The van der Waals surface area contributed by atoms with Crippen molar-refractivity contribution >= 4 is 11.9 Å². The third-order valence-corrected chi connectivity index (χ3v) is 4.20. The fourth-order valence-corrected chi connectivity index (χ4v) is 2.70. The highest BCUT2D eigenvalue weighted by atomic mass is 16.2. The minimum atomic E-state index is -0.111. The van der Waals surface area contributed by atoms with E-state index in [0.29, 0.717) is 19.1 Å². The first kappa shape index (κ1) is 14.8. The topological polar surface area (TPSA) is 74.3 Å². The molecule has 1 aliphatic carbocycles. The van der Waals surface area contributed by atoms with Crippen molar-refractivity contribution in [3.05, 3.63) is 30.1 Å². The number of likely N-dealkylation sites (tertiary alicyclic amines) is 1. The van der Waals surface area contributed by atoms with Crippen LogP contribution in [0.2, 0.25) is 0 Å². The Morgan fingerprint density at radius 3 is 2.73 bits per heavy atom. The lowest BCUT2D eigenvalue weighted by Gasteiger charge is -2.32. The number of carbonyl (C=O) groups excluding carboxylic acids is 2. The van der Waals surface area contributed by atoms with E-state index in [0.717, 1.165) is 37.8 Å². The number of rotatable bonds is 4. The number of aromatic nitrogens is 1. The molecule has 3 amide bonds. The van der Waals surface area contributed by atoms with E-state index >= 15 is 0 Å². The molecule has 0 aromatic carbocycles. The number of hydrogen-bond donors (Lipinski definition) is 2. The van der Waals surface area contributed by atoms with Gasteiger partial charge in [0, 0.05) is 38.1 Å². The van der Waals surface area contributed by atoms with E-state index < -0.39 is 0 Å². The fourth-order valence-electron chi connectivity index (χ4n) is 2.70. The maximum absolute atomic E-state index is 12.3. The average molecular weight is 302 g/mol. The molecule has 0 spiro atoms. The molecule has 2 fully saturated rings. The van der Waals surface area contributed by atoms with E-state index in [1.165, 1.54) is 0 Å². The van der Waals surface area contributed by atoms with E-state index in [4.69, 9.17) is 0 Å². The summed E-state index contributed by atoms with van der Waals surface area (Å²) in [6.45, 7) is 1.76. The zero-order valence-electron chi connectivity index (χ0n) is 12.6. The molecule has 118 valence electrons. The molecule has 2 heterocycles. The van der Waals surface area contributed by atoms with Crippen LogP contribution in [0, 0.1) is 5.92 Å². The van der Waals surface area contributed by atoms with Gasteiger partial charge >= 0.3 is 6.03 Å². The molecule has 1 aromatic rings. The maximum atomic E-state index is 12.3. The highest BCUT2D eigenvalue weighted by Crippen LogP contribution is 2.21. The summed E-state index contributed by atoms with van der Waals surface area (Å²) >= 11 is 0. The van der Waals surface area contributed by atoms with Crippen molar-refractivity contribution in [1.82, 2.24) is 20.5 Å². The monoisotopic (exact) mass is 302 g/mol. The number of hydrogen-bond acceptors (Lipinski definition) is 3. The molecule has 1 unspecified atom stereocenters. The second-order valence-electron chi connectivity index (χ2n) is 6.08. The van der Waals surface area contributed by atoms with Crippen molar-refractivity contribution in [2.45, 2.75) is 38.3 Å². The van der Waals surface area contributed by atoms with E-state index in [1.54, 1.807) is 17.3 Å². The van der Waals surface area contributed by atoms with Gasteiger partial charge in [0.05, 0.1) is 5.92 Å². The van der Waals surface area contributed by atoms with Gasteiger partial charge in [0.1, 0.15) is 0 Å². The molecule has 22 heavy (non-hydrogen) atoms. The van der Waals surface area contributed by atoms with Crippen LogP contribution in [-0.2, 0) is 11.3 Å². The lowest BCUT2D eigenvalue weighted by Crippen LogP contribution is -2.49. The van der Waals surface area contributed by atoms with Gasteiger partial charge in [0.2, 0.25) is 5.91 Å². The zero-order valence-corrected chi connectivity index (χ0v) is 12.6. The Hall–Kier alpha value is -2.11. The van der Waals surface area contributed by atoms with Crippen LogP contribution < -0.4 is 10.6 Å². The minimum Gasteiger partial charge on any atom is -0.352 e. The van der Waals surface area contributed by atoms with Crippen LogP contribution in [-0.4, -0.2) is 41.0 Å². The molecule has 1 aromatic heterocycles. The highest BCUT2D eigenvalue weighted by molar-refractivity contribution is 5.81. The lowest BCUT2D eigenvalue weighted by molar-refractivity contribution is -0.126. The molecule has 2 N–H and O–H groups in total. The first-order valence-corrected chi connectivity index (χ1v) is 7.94. The van der Waals surface area contributed by atoms with Crippen molar-refractivity contribution < 1.29 is 9.59 Å². The second-order valence-corrected chi connectivity index (χ2v) is 6.08. The number of amides is 3. The Morgan fingerprint density at radius 2 is 2.00 bits per heavy atom. The van der Waals surface area contributed by atoms with Gasteiger partial charge in [0.25, 0.3) is 0 Å². The summed E-state index contributed by atoms with van der Waals surface area (Å²) in [6.07, 6.45) is 7.31. The first-order chi connectivity index (χ1) is 10.7. The fraction of sp³-hybridized carbons (Fsp3) is 0.562. The van der Waals surface area contributed by atoms with Gasteiger partial charge in [0.15, 0.2) is 0 Å². The molecule has 1 aliphatic heterocycles. The van der Waals surface area contributed by atoms with Crippen LogP contribution in [0.25, 0.3) is 0 Å². The van der Waals surface area contributed by atoms with Crippen molar-refractivity contribution in [3.8, 4) is 0 Å². The smallest absolute Gasteiger partial charge is 0.317 e. The molecular weight excluding hydrogens is 280 g/mol. The third-order valence-electron chi connectivity index (χ3n) is 4.20. The van der Waals surface area contributed by atoms with Crippen LogP contribution in [0.3, 0.4) is 0 Å². The van der Waals surface area contributed by atoms with Gasteiger partial charge in [-0.2, -0.15) is 0 Å². The van der Waals surface area contributed by atoms with Crippen molar-refractivity contribution in [2.24, 2.45) is 5.92 Å². The normalized spacial score (nSPS) is 21.3. The molecule has 2 aliphatic rings. The number of nitrogens with zero attached hydrogens (tertiary/aromatic N) is 2. The van der Waals surface area contributed by atoms with E-state index in [2.05, 4.69) is 15.6 Å². The van der Waals surface area contributed by atoms with Crippen LogP contribution in [0.4, 0.5) is 4.79 Å². The van der Waals surface area contributed by atoms with Crippen molar-refractivity contribution in [3.63, 3.8) is 0 Å². The van der Waals surface area contributed by atoms with Gasteiger partial charge in [-0.1, -0.05) is 0 Å². The lowest BCUT2D eigenvalue weighted by atomic mass is 9.97. The number of pyridine rings is 1. The summed E-state index contributed by atoms with van der Waals surface area (Å²) in [7, 11) is 0. The number of carbonyl (C=O) groups is 2. The standard InChI is InChI=1S/C16H22N4O2/c21-15(18-10-12-5-7-17-8-6-12)13-2-1-9-20(11-13)16(22)19-14-3-4-14/h5-8,13-14H,1-4,9-11H2,(H,18,21)(H,19,22). The Bertz CT molecular complexity index is 530.